The molecule has 90 valence electrons. The molecule has 0 saturated heterocycles. The van der Waals surface area contributed by atoms with Crippen LogP contribution < -0.4 is 4.90 Å². The van der Waals surface area contributed by atoms with E-state index in [1.54, 1.807) is 6.92 Å². The first-order valence-electron chi connectivity index (χ1n) is 5.38. The number of hydrogen-bond donors (Lipinski definition) is 0. The Labute approximate surface area is 99.6 Å². The Bertz CT molecular complexity index is 341. The smallest absolute Gasteiger partial charge is 0.325 e. The van der Waals surface area contributed by atoms with E-state index >= 15 is 0 Å². The van der Waals surface area contributed by atoms with E-state index in [9.17, 15) is 4.79 Å². The van der Waals surface area contributed by atoms with Gasteiger partial charge in [-0.2, -0.15) is 4.37 Å². The second-order valence-electron chi connectivity index (χ2n) is 3.35. The van der Waals surface area contributed by atoms with E-state index in [2.05, 4.69) is 16.3 Å². The predicted octanol–water partition coefficient (Wildman–Crippen LogP) is 1.63. The van der Waals surface area contributed by atoms with Gasteiger partial charge in [0.1, 0.15) is 12.4 Å². The van der Waals surface area contributed by atoms with Gasteiger partial charge in [-0.25, -0.2) is 4.98 Å². The summed E-state index contributed by atoms with van der Waals surface area (Å²) < 4.78 is 9.03. The molecule has 6 heteroatoms. The zero-order valence-corrected chi connectivity index (χ0v) is 10.7. The molecule has 1 aromatic rings. The second kappa shape index (κ2) is 6.42. The molecule has 0 aliphatic carbocycles. The van der Waals surface area contributed by atoms with Crippen LogP contribution in [0.5, 0.6) is 0 Å². The van der Waals surface area contributed by atoms with Crippen molar-refractivity contribution in [2.45, 2.75) is 27.2 Å². The predicted molar refractivity (Wildman–Crippen MR) is 63.8 cm³/mol. The maximum absolute atomic E-state index is 11.4. The normalized spacial score (nSPS) is 10.2. The van der Waals surface area contributed by atoms with Crippen molar-refractivity contribution in [2.24, 2.45) is 0 Å². The lowest BCUT2D eigenvalue weighted by Gasteiger charge is -2.19. The Kier molecular flexibility index (Phi) is 5.18. The van der Waals surface area contributed by atoms with Crippen LogP contribution in [0.15, 0.2) is 0 Å². The van der Waals surface area contributed by atoms with Crippen molar-refractivity contribution < 1.29 is 9.53 Å². The molecule has 0 aromatic carbocycles. The van der Waals surface area contributed by atoms with E-state index in [0.717, 1.165) is 23.9 Å². The van der Waals surface area contributed by atoms with Crippen LogP contribution in [-0.4, -0.2) is 35.0 Å². The Morgan fingerprint density at radius 1 is 1.50 bits per heavy atom. The van der Waals surface area contributed by atoms with Crippen LogP contribution in [0.25, 0.3) is 0 Å². The van der Waals surface area contributed by atoms with Gasteiger partial charge >= 0.3 is 5.97 Å². The van der Waals surface area contributed by atoms with Crippen molar-refractivity contribution in [1.29, 1.82) is 0 Å². The molecular formula is C10H17N3O2S. The van der Waals surface area contributed by atoms with Crippen molar-refractivity contribution in [3.63, 3.8) is 0 Å². The second-order valence-corrected chi connectivity index (χ2v) is 4.08. The fourth-order valence-electron chi connectivity index (χ4n) is 1.29. The number of carbonyl (C=O) groups excluding carboxylic acids is 1. The van der Waals surface area contributed by atoms with E-state index < -0.39 is 0 Å². The molecule has 1 aromatic heterocycles. The fraction of sp³-hybridized carbons (Fsp3) is 0.700. The standard InChI is InChI=1S/C10H17N3O2S/c1-4-6-13(7-9(14)15-5-2)10-11-8(3)12-16-10/h4-7H2,1-3H3. The monoisotopic (exact) mass is 243 g/mol. The SMILES string of the molecule is CCCN(CC(=O)OCC)c1nc(C)ns1. The van der Waals surface area contributed by atoms with Crippen molar-refractivity contribution in [1.82, 2.24) is 9.36 Å². The van der Waals surface area contributed by atoms with Gasteiger partial charge in [0.2, 0.25) is 5.13 Å². The molecule has 16 heavy (non-hydrogen) atoms. The van der Waals surface area contributed by atoms with E-state index in [0.29, 0.717) is 6.61 Å². The van der Waals surface area contributed by atoms with Gasteiger partial charge in [-0.05, 0) is 20.3 Å². The summed E-state index contributed by atoms with van der Waals surface area (Å²) in [6, 6.07) is 0. The number of esters is 1. The molecule has 0 bridgehead atoms. The Morgan fingerprint density at radius 3 is 2.75 bits per heavy atom. The van der Waals surface area contributed by atoms with Crippen LogP contribution in [0.1, 0.15) is 26.1 Å². The quantitative estimate of drug-likeness (QED) is 0.711. The Morgan fingerprint density at radius 2 is 2.25 bits per heavy atom. The zero-order valence-electron chi connectivity index (χ0n) is 9.89. The van der Waals surface area contributed by atoms with Crippen LogP contribution >= 0.6 is 11.5 Å². The number of anilines is 1. The van der Waals surface area contributed by atoms with E-state index in [1.165, 1.54) is 11.5 Å². The Hall–Kier alpha value is -1.17. The highest BCUT2D eigenvalue weighted by Crippen LogP contribution is 2.16. The highest BCUT2D eigenvalue weighted by atomic mass is 32.1. The van der Waals surface area contributed by atoms with Gasteiger partial charge in [-0.3, -0.25) is 4.79 Å². The molecule has 0 saturated carbocycles. The van der Waals surface area contributed by atoms with Crippen LogP contribution in [0, 0.1) is 6.92 Å². The summed E-state index contributed by atoms with van der Waals surface area (Å²) >= 11 is 1.31. The van der Waals surface area contributed by atoms with Gasteiger partial charge in [0.15, 0.2) is 0 Å². The lowest BCUT2D eigenvalue weighted by atomic mass is 10.4. The number of aromatic nitrogens is 2. The van der Waals surface area contributed by atoms with Gasteiger partial charge in [0.25, 0.3) is 0 Å². The summed E-state index contributed by atoms with van der Waals surface area (Å²) in [6.07, 6.45) is 0.956. The Balaban J connectivity index is 2.64. The average molecular weight is 243 g/mol. The van der Waals surface area contributed by atoms with Gasteiger partial charge in [-0.1, -0.05) is 6.92 Å². The molecule has 0 N–H and O–H groups in total. The third kappa shape index (κ3) is 3.77. The van der Waals surface area contributed by atoms with Crippen molar-refractivity contribution >= 4 is 22.6 Å². The number of rotatable bonds is 6. The third-order valence-corrected chi connectivity index (χ3v) is 2.77. The fourth-order valence-corrected chi connectivity index (χ4v) is 1.99. The largest absolute Gasteiger partial charge is 0.465 e. The molecule has 0 aliphatic heterocycles. The first-order chi connectivity index (χ1) is 7.67. The minimum atomic E-state index is -0.219. The van der Waals surface area contributed by atoms with Gasteiger partial charge in [-0.15, -0.1) is 0 Å². The first-order valence-corrected chi connectivity index (χ1v) is 6.15. The van der Waals surface area contributed by atoms with Crippen molar-refractivity contribution in [2.75, 3.05) is 24.6 Å². The molecular weight excluding hydrogens is 226 g/mol. The number of carbonyl (C=O) groups is 1. The molecule has 0 unspecified atom stereocenters. The van der Waals surface area contributed by atoms with Crippen LogP contribution in [-0.2, 0) is 9.53 Å². The van der Waals surface area contributed by atoms with Gasteiger partial charge in [0.05, 0.1) is 6.61 Å². The molecule has 0 radical (unpaired) electrons. The summed E-state index contributed by atoms with van der Waals surface area (Å²) in [5.74, 6) is 0.522. The minimum absolute atomic E-state index is 0.219. The summed E-state index contributed by atoms with van der Waals surface area (Å²) in [4.78, 5) is 17.6. The molecule has 0 amide bonds. The molecule has 0 aliphatic rings. The number of aryl methyl sites for hydroxylation is 1. The highest BCUT2D eigenvalue weighted by Gasteiger charge is 2.14. The maximum atomic E-state index is 11.4. The third-order valence-electron chi connectivity index (χ3n) is 1.91. The summed E-state index contributed by atoms with van der Waals surface area (Å²) in [7, 11) is 0. The maximum Gasteiger partial charge on any atom is 0.325 e. The van der Waals surface area contributed by atoms with E-state index in [-0.39, 0.29) is 12.5 Å². The van der Waals surface area contributed by atoms with Crippen molar-refractivity contribution in [3.8, 4) is 0 Å². The molecule has 5 nitrogen and oxygen atoms in total. The average Bonchev–Trinajstić information content (AvgIpc) is 2.64. The van der Waals surface area contributed by atoms with Gasteiger partial charge in [0, 0.05) is 18.1 Å². The molecule has 1 rings (SSSR count). The lowest BCUT2D eigenvalue weighted by molar-refractivity contribution is -0.141. The molecule has 0 atom stereocenters. The lowest BCUT2D eigenvalue weighted by Crippen LogP contribution is -2.31. The molecule has 0 fully saturated rings. The summed E-state index contributed by atoms with van der Waals surface area (Å²) in [5, 5.41) is 0.785. The van der Waals surface area contributed by atoms with Crippen LogP contribution in [0.3, 0.4) is 0 Å². The topological polar surface area (TPSA) is 55.3 Å². The number of nitrogens with zero attached hydrogens (tertiary/aromatic N) is 3. The zero-order chi connectivity index (χ0) is 12.0. The summed E-state index contributed by atoms with van der Waals surface area (Å²) in [5.41, 5.74) is 0. The molecule has 0 spiro atoms. The molecule has 1 heterocycles. The van der Waals surface area contributed by atoms with E-state index in [1.807, 2.05) is 11.8 Å². The number of hydrogen-bond acceptors (Lipinski definition) is 6. The highest BCUT2D eigenvalue weighted by molar-refractivity contribution is 7.09. The van der Waals surface area contributed by atoms with Crippen molar-refractivity contribution in [3.05, 3.63) is 5.82 Å². The van der Waals surface area contributed by atoms with E-state index in [4.69, 9.17) is 4.74 Å². The number of ether oxygens (including phenoxy) is 1. The van der Waals surface area contributed by atoms with Gasteiger partial charge < -0.3 is 9.64 Å². The van der Waals surface area contributed by atoms with Crippen LogP contribution in [0.2, 0.25) is 0 Å². The minimum Gasteiger partial charge on any atom is -0.465 e. The van der Waals surface area contributed by atoms with Crippen LogP contribution in [0.4, 0.5) is 5.13 Å². The summed E-state index contributed by atoms with van der Waals surface area (Å²) in [6.45, 7) is 7.15. The first kappa shape index (κ1) is 12.9.